The first kappa shape index (κ1) is 24.4. The average molecular weight is 501 g/mol. The number of carbonyl (C=O) groups excluding carboxylic acids is 1. The van der Waals surface area contributed by atoms with Crippen LogP contribution in [-0.4, -0.2) is 31.7 Å². The first-order valence-electron chi connectivity index (χ1n) is 12.6. The fraction of sp³-hybridized carbons (Fsp3) is 0.593. The number of nitrogens with one attached hydrogen (secondary N) is 1. The molecule has 1 aliphatic heterocycles. The molecule has 2 aliphatic carbocycles. The zero-order valence-electron chi connectivity index (χ0n) is 21.1. The van der Waals surface area contributed by atoms with Gasteiger partial charge >= 0.3 is 0 Å². The predicted octanol–water partition coefficient (Wildman–Crippen LogP) is 5.37. The third-order valence-corrected chi connectivity index (χ3v) is 9.68. The number of anilines is 2. The maximum atomic E-state index is 13.7. The molecule has 0 saturated heterocycles. The van der Waals surface area contributed by atoms with Crippen LogP contribution in [0, 0.1) is 10.8 Å². The van der Waals surface area contributed by atoms with Crippen LogP contribution < -0.4 is 9.62 Å². The van der Waals surface area contributed by atoms with Crippen molar-refractivity contribution in [3.63, 3.8) is 0 Å². The summed E-state index contributed by atoms with van der Waals surface area (Å²) in [4.78, 5) is 15.4. The van der Waals surface area contributed by atoms with E-state index in [1.165, 1.54) is 12.8 Å². The van der Waals surface area contributed by atoms with E-state index < -0.39 is 21.5 Å². The Labute approximate surface area is 207 Å². The maximum absolute atomic E-state index is 13.7. The summed E-state index contributed by atoms with van der Waals surface area (Å²) < 4.78 is 32.9. The van der Waals surface area contributed by atoms with Crippen molar-refractivity contribution < 1.29 is 22.7 Å². The molecule has 0 radical (unpaired) electrons. The topological polar surface area (TPSA) is 99.9 Å². The van der Waals surface area contributed by atoms with E-state index in [0.717, 1.165) is 36.9 Å². The Hall–Kier alpha value is -2.32. The number of fused-ring (bicyclic) bond motifs is 2. The van der Waals surface area contributed by atoms with Crippen molar-refractivity contribution >= 4 is 27.3 Å². The number of hydrogen-bond donors (Lipinski definition) is 2. The number of rotatable bonds is 5. The van der Waals surface area contributed by atoms with Gasteiger partial charge in [-0.3, -0.25) is 9.52 Å². The highest BCUT2D eigenvalue weighted by Crippen LogP contribution is 2.62. The van der Waals surface area contributed by atoms with E-state index in [9.17, 15) is 18.3 Å². The van der Waals surface area contributed by atoms with Crippen LogP contribution in [0.5, 0.6) is 0 Å². The summed E-state index contributed by atoms with van der Waals surface area (Å²) >= 11 is 0. The summed E-state index contributed by atoms with van der Waals surface area (Å²) in [5.74, 6) is 0.358. The van der Waals surface area contributed by atoms with Crippen LogP contribution >= 0.6 is 0 Å². The van der Waals surface area contributed by atoms with Gasteiger partial charge in [0.1, 0.15) is 11.9 Å². The Morgan fingerprint density at radius 3 is 2.37 bits per heavy atom. The molecule has 2 spiro atoms. The Morgan fingerprint density at radius 2 is 1.77 bits per heavy atom. The summed E-state index contributed by atoms with van der Waals surface area (Å²) in [7, 11) is -3.40. The molecule has 35 heavy (non-hydrogen) atoms. The van der Waals surface area contributed by atoms with Gasteiger partial charge in [0.25, 0.3) is 5.91 Å². The molecule has 1 aromatic heterocycles. The molecule has 8 heteroatoms. The average Bonchev–Trinajstić information content (AvgIpc) is 3.26. The molecule has 2 heterocycles. The normalized spacial score (nSPS) is 21.2. The molecule has 1 amide bonds. The first-order chi connectivity index (χ1) is 16.4. The highest BCUT2D eigenvalue weighted by atomic mass is 32.2. The molecule has 2 N–H and O–H groups in total. The van der Waals surface area contributed by atoms with Crippen LogP contribution in [0.4, 0.5) is 11.4 Å². The van der Waals surface area contributed by atoms with Crippen molar-refractivity contribution in [3.05, 3.63) is 47.4 Å². The molecule has 2 saturated carbocycles. The number of sulfonamides is 1. The highest BCUT2D eigenvalue weighted by Gasteiger charge is 2.54. The molecule has 1 atom stereocenters. The monoisotopic (exact) mass is 500 g/mol. The molecular weight excluding hydrogens is 464 g/mol. The molecule has 2 fully saturated rings. The number of aliphatic hydroxyl groups excluding tert-OH is 1. The van der Waals surface area contributed by atoms with E-state index in [1.54, 1.807) is 30.0 Å². The van der Waals surface area contributed by atoms with Gasteiger partial charge in [-0.15, -0.1) is 0 Å². The van der Waals surface area contributed by atoms with E-state index in [1.807, 2.05) is 32.9 Å². The molecule has 3 aliphatic rings. The third-order valence-electron chi connectivity index (χ3n) is 8.37. The smallest absolute Gasteiger partial charge is 0.294 e. The van der Waals surface area contributed by atoms with Crippen LogP contribution in [0.25, 0.3) is 0 Å². The summed E-state index contributed by atoms with van der Waals surface area (Å²) in [5.41, 5.74) is 2.29. The van der Waals surface area contributed by atoms with Crippen molar-refractivity contribution in [1.82, 2.24) is 0 Å². The quantitative estimate of drug-likeness (QED) is 0.575. The van der Waals surface area contributed by atoms with Gasteiger partial charge in [0.2, 0.25) is 10.0 Å². The molecule has 5 rings (SSSR count). The fourth-order valence-electron chi connectivity index (χ4n) is 5.70. The number of carbonyl (C=O) groups is 1. The lowest BCUT2D eigenvalue weighted by Crippen LogP contribution is -2.39. The Kier molecular flexibility index (Phi) is 5.64. The van der Waals surface area contributed by atoms with Gasteiger partial charge in [-0.05, 0) is 92.2 Å². The van der Waals surface area contributed by atoms with Crippen molar-refractivity contribution in [2.24, 2.45) is 10.8 Å². The third kappa shape index (κ3) is 4.40. The second-order valence-electron chi connectivity index (χ2n) is 11.9. The van der Waals surface area contributed by atoms with Gasteiger partial charge in [0.05, 0.1) is 5.75 Å². The van der Waals surface area contributed by atoms with Crippen molar-refractivity contribution in [2.45, 2.75) is 77.7 Å². The zero-order valence-corrected chi connectivity index (χ0v) is 21.9. The minimum Gasteiger partial charge on any atom is -0.453 e. The number of benzene rings is 1. The van der Waals surface area contributed by atoms with Crippen molar-refractivity contribution in [2.75, 3.05) is 21.9 Å². The van der Waals surface area contributed by atoms with Gasteiger partial charge in [0, 0.05) is 23.3 Å². The first-order valence-corrected chi connectivity index (χ1v) is 14.3. The number of furan rings is 1. The molecule has 1 aromatic carbocycles. The Bertz CT molecular complexity index is 1240. The van der Waals surface area contributed by atoms with Gasteiger partial charge < -0.3 is 14.4 Å². The maximum Gasteiger partial charge on any atom is 0.294 e. The minimum atomic E-state index is -3.40. The summed E-state index contributed by atoms with van der Waals surface area (Å²) in [6, 6.07) is 8.83. The molecule has 2 aromatic rings. The lowest BCUT2D eigenvalue weighted by molar-refractivity contribution is 0.0422. The number of hydrogen-bond acceptors (Lipinski definition) is 5. The molecule has 7 nitrogen and oxygen atoms in total. The van der Waals surface area contributed by atoms with Crippen LogP contribution in [0.1, 0.15) is 94.2 Å². The lowest BCUT2D eigenvalue weighted by Gasteiger charge is -2.38. The van der Waals surface area contributed by atoms with E-state index in [-0.39, 0.29) is 22.8 Å². The zero-order chi connectivity index (χ0) is 25.2. The Balaban J connectivity index is 1.48. The minimum absolute atomic E-state index is 0.00357. The van der Waals surface area contributed by atoms with Gasteiger partial charge in [-0.2, -0.15) is 0 Å². The van der Waals surface area contributed by atoms with Gasteiger partial charge in [-0.25, -0.2) is 8.42 Å². The van der Waals surface area contributed by atoms with E-state index >= 15 is 0 Å². The van der Waals surface area contributed by atoms with E-state index in [4.69, 9.17) is 4.42 Å². The lowest BCUT2D eigenvalue weighted by atomic mass is 9.66. The summed E-state index contributed by atoms with van der Waals surface area (Å²) in [5, 5.41) is 10.6. The van der Waals surface area contributed by atoms with Crippen LogP contribution in [0.15, 0.2) is 34.7 Å². The summed E-state index contributed by atoms with van der Waals surface area (Å²) in [6.07, 6.45) is 6.02. The molecule has 0 unspecified atom stereocenters. The standard InChI is InChI=1S/C27H36N2O5S/c1-5-35(32,33)28-18-6-7-20-19(16-18)27(14-12-26(10-11-26)13-15-27)17-29(20)24(31)22-9-8-21(34-22)23(30)25(2,3)4/h6-9,16,23,28,30H,5,10-15,17H2,1-4H3/t23-/m1/s1. The van der Waals surface area contributed by atoms with Crippen molar-refractivity contribution in [1.29, 1.82) is 0 Å². The second-order valence-corrected chi connectivity index (χ2v) is 13.9. The van der Waals surface area contributed by atoms with Gasteiger partial charge in [0.15, 0.2) is 5.76 Å². The predicted molar refractivity (Wildman–Crippen MR) is 136 cm³/mol. The number of aliphatic hydroxyl groups is 1. The van der Waals surface area contributed by atoms with Crippen LogP contribution in [0.3, 0.4) is 0 Å². The Morgan fingerprint density at radius 1 is 1.11 bits per heavy atom. The summed E-state index contributed by atoms with van der Waals surface area (Å²) in [6.45, 7) is 7.92. The van der Waals surface area contributed by atoms with Crippen molar-refractivity contribution in [3.8, 4) is 0 Å². The van der Waals surface area contributed by atoms with E-state index in [2.05, 4.69) is 4.72 Å². The van der Waals surface area contributed by atoms with Crippen LogP contribution in [-0.2, 0) is 15.4 Å². The number of amides is 1. The molecule has 0 bridgehead atoms. The SMILES string of the molecule is CCS(=O)(=O)Nc1ccc2c(c1)C1(CCC3(CC3)CC1)CN2C(=O)c1ccc([C@@H](O)C(C)(C)C)o1. The van der Waals surface area contributed by atoms with Crippen LogP contribution in [0.2, 0.25) is 0 Å². The van der Waals surface area contributed by atoms with E-state index in [0.29, 0.717) is 23.4 Å². The fourth-order valence-corrected chi connectivity index (χ4v) is 6.33. The largest absolute Gasteiger partial charge is 0.453 e. The molecule has 190 valence electrons. The second kappa shape index (κ2) is 8.10. The number of nitrogens with zero attached hydrogens (tertiary/aromatic N) is 1. The van der Waals surface area contributed by atoms with Gasteiger partial charge in [-0.1, -0.05) is 20.8 Å². The molecular formula is C27H36N2O5S. The highest BCUT2D eigenvalue weighted by molar-refractivity contribution is 7.92.